The third-order valence-corrected chi connectivity index (χ3v) is 4.19. The second-order valence-corrected chi connectivity index (χ2v) is 6.20. The zero-order valence-electron chi connectivity index (χ0n) is 14.8. The smallest absolute Gasteiger partial charge is 0.242 e. The molecule has 1 heterocycles. The molecule has 1 unspecified atom stereocenters. The minimum Gasteiger partial charge on any atom is -0.350 e. The molecule has 0 aliphatic heterocycles. The molecule has 1 amide bonds. The van der Waals surface area contributed by atoms with E-state index in [1.807, 2.05) is 35.0 Å². The number of amides is 1. The van der Waals surface area contributed by atoms with E-state index in [2.05, 4.69) is 10.3 Å². The lowest BCUT2D eigenvalue weighted by Crippen LogP contribution is -2.37. The Morgan fingerprint density at radius 2 is 1.92 bits per heavy atom. The number of carbonyl (C=O) groups is 1. The van der Waals surface area contributed by atoms with Gasteiger partial charge in [-0.3, -0.25) is 9.69 Å². The number of halogens is 1. The summed E-state index contributed by atoms with van der Waals surface area (Å²) in [5, 5.41) is 2.93. The monoisotopic (exact) mass is 352 g/mol. The third kappa shape index (κ3) is 3.81. The SMILES string of the molecule is CN(C)C(C(=O)NCc1ccccc1-n1ccnc1)c1ccccc1F. The summed E-state index contributed by atoms with van der Waals surface area (Å²) in [4.78, 5) is 18.5. The Labute approximate surface area is 152 Å². The van der Waals surface area contributed by atoms with Gasteiger partial charge in [-0.25, -0.2) is 9.37 Å². The van der Waals surface area contributed by atoms with Gasteiger partial charge in [0.15, 0.2) is 0 Å². The van der Waals surface area contributed by atoms with Crippen LogP contribution in [0.15, 0.2) is 67.3 Å². The summed E-state index contributed by atoms with van der Waals surface area (Å²) in [7, 11) is 3.52. The normalized spacial score (nSPS) is 12.2. The van der Waals surface area contributed by atoms with E-state index < -0.39 is 6.04 Å². The van der Waals surface area contributed by atoms with Crippen LogP contribution in [0.1, 0.15) is 17.2 Å². The van der Waals surface area contributed by atoms with Crippen molar-refractivity contribution in [2.24, 2.45) is 0 Å². The Hall–Kier alpha value is -2.99. The lowest BCUT2D eigenvalue weighted by Gasteiger charge is -2.24. The second kappa shape index (κ2) is 7.93. The van der Waals surface area contributed by atoms with Crippen LogP contribution in [-0.4, -0.2) is 34.5 Å². The molecule has 0 saturated carbocycles. The highest BCUT2D eigenvalue weighted by Gasteiger charge is 2.25. The van der Waals surface area contributed by atoms with Gasteiger partial charge in [0.1, 0.15) is 11.9 Å². The zero-order chi connectivity index (χ0) is 18.5. The van der Waals surface area contributed by atoms with Crippen LogP contribution in [0.4, 0.5) is 4.39 Å². The number of para-hydroxylation sites is 1. The second-order valence-electron chi connectivity index (χ2n) is 6.20. The topological polar surface area (TPSA) is 50.2 Å². The standard InChI is InChI=1S/C20H21FN4O/c1-24(2)19(16-8-4-5-9-17(16)21)20(26)23-13-15-7-3-6-10-18(15)25-12-11-22-14-25/h3-12,14,19H,13H2,1-2H3,(H,23,26). The average Bonchev–Trinajstić information content (AvgIpc) is 3.16. The lowest BCUT2D eigenvalue weighted by atomic mass is 10.0. The fourth-order valence-corrected chi connectivity index (χ4v) is 2.94. The molecule has 0 bridgehead atoms. The molecule has 1 N–H and O–H groups in total. The third-order valence-electron chi connectivity index (χ3n) is 4.19. The highest BCUT2D eigenvalue weighted by molar-refractivity contribution is 5.83. The number of aromatic nitrogens is 2. The van der Waals surface area contributed by atoms with E-state index in [4.69, 9.17) is 0 Å². The number of nitrogens with zero attached hydrogens (tertiary/aromatic N) is 3. The zero-order valence-corrected chi connectivity index (χ0v) is 14.8. The number of benzene rings is 2. The summed E-state index contributed by atoms with van der Waals surface area (Å²) in [5.74, 6) is -0.638. The molecule has 3 aromatic rings. The van der Waals surface area contributed by atoms with Crippen LogP contribution in [-0.2, 0) is 11.3 Å². The number of nitrogens with one attached hydrogen (secondary N) is 1. The predicted molar refractivity (Wildman–Crippen MR) is 98.2 cm³/mol. The Morgan fingerprint density at radius 3 is 2.62 bits per heavy atom. The molecular weight excluding hydrogens is 331 g/mol. The van der Waals surface area contributed by atoms with Crippen LogP contribution in [0.2, 0.25) is 0 Å². The van der Waals surface area contributed by atoms with E-state index in [9.17, 15) is 9.18 Å². The number of hydrogen-bond acceptors (Lipinski definition) is 3. The first-order chi connectivity index (χ1) is 12.6. The van der Waals surface area contributed by atoms with Gasteiger partial charge in [0, 0.05) is 24.5 Å². The van der Waals surface area contributed by atoms with Crippen LogP contribution < -0.4 is 5.32 Å². The molecule has 0 saturated heterocycles. The molecule has 0 aliphatic carbocycles. The maximum Gasteiger partial charge on any atom is 0.242 e. The highest BCUT2D eigenvalue weighted by Crippen LogP contribution is 2.22. The van der Waals surface area contributed by atoms with E-state index in [0.29, 0.717) is 12.1 Å². The molecule has 134 valence electrons. The first-order valence-electron chi connectivity index (χ1n) is 8.32. The molecule has 0 radical (unpaired) electrons. The molecule has 5 nitrogen and oxygen atoms in total. The van der Waals surface area contributed by atoms with Crippen molar-refractivity contribution in [3.63, 3.8) is 0 Å². The lowest BCUT2D eigenvalue weighted by molar-refractivity contribution is -0.126. The summed E-state index contributed by atoms with van der Waals surface area (Å²) in [6.45, 7) is 0.339. The summed E-state index contributed by atoms with van der Waals surface area (Å²) in [6, 6.07) is 13.4. The largest absolute Gasteiger partial charge is 0.350 e. The van der Waals surface area contributed by atoms with E-state index in [-0.39, 0.29) is 11.7 Å². The van der Waals surface area contributed by atoms with Crippen molar-refractivity contribution in [3.05, 3.63) is 84.2 Å². The van der Waals surface area contributed by atoms with Crippen molar-refractivity contribution in [2.45, 2.75) is 12.6 Å². The van der Waals surface area contributed by atoms with Crippen LogP contribution in [0, 0.1) is 5.82 Å². The van der Waals surface area contributed by atoms with Crippen molar-refractivity contribution < 1.29 is 9.18 Å². The summed E-state index contributed by atoms with van der Waals surface area (Å²) in [6.07, 6.45) is 5.26. The van der Waals surface area contributed by atoms with Crippen LogP contribution in [0.5, 0.6) is 0 Å². The van der Waals surface area contributed by atoms with E-state index in [1.165, 1.54) is 6.07 Å². The van der Waals surface area contributed by atoms with Gasteiger partial charge in [0.05, 0.1) is 12.0 Å². The highest BCUT2D eigenvalue weighted by atomic mass is 19.1. The Bertz CT molecular complexity index is 877. The number of likely N-dealkylation sites (N-methyl/N-ethyl adjacent to an activating group) is 1. The minimum atomic E-state index is -0.698. The van der Waals surface area contributed by atoms with Gasteiger partial charge in [-0.05, 0) is 31.8 Å². The maximum absolute atomic E-state index is 14.2. The number of rotatable bonds is 6. The minimum absolute atomic E-state index is 0.250. The van der Waals surface area contributed by atoms with Gasteiger partial charge < -0.3 is 9.88 Å². The number of imidazole rings is 1. The number of carbonyl (C=O) groups excluding carboxylic acids is 1. The fourth-order valence-electron chi connectivity index (χ4n) is 2.94. The summed E-state index contributed by atoms with van der Waals surface area (Å²) >= 11 is 0. The van der Waals surface area contributed by atoms with Gasteiger partial charge >= 0.3 is 0 Å². The summed E-state index contributed by atoms with van der Waals surface area (Å²) in [5.41, 5.74) is 2.25. The Balaban J connectivity index is 1.79. The van der Waals surface area contributed by atoms with Crippen molar-refractivity contribution in [1.29, 1.82) is 0 Å². The van der Waals surface area contributed by atoms with Crippen molar-refractivity contribution in [2.75, 3.05) is 14.1 Å². The number of hydrogen-bond donors (Lipinski definition) is 1. The molecular formula is C20H21FN4O. The molecule has 2 aromatic carbocycles. The van der Waals surface area contributed by atoms with Crippen LogP contribution in [0.3, 0.4) is 0 Å². The molecule has 0 aliphatic rings. The molecule has 1 atom stereocenters. The first kappa shape index (κ1) is 17.8. The average molecular weight is 352 g/mol. The van der Waals surface area contributed by atoms with Gasteiger partial charge in [0.25, 0.3) is 0 Å². The Morgan fingerprint density at radius 1 is 1.19 bits per heavy atom. The quantitative estimate of drug-likeness (QED) is 0.742. The van der Waals surface area contributed by atoms with Crippen molar-refractivity contribution in [1.82, 2.24) is 19.8 Å². The van der Waals surface area contributed by atoms with Crippen LogP contribution in [0.25, 0.3) is 5.69 Å². The van der Waals surface area contributed by atoms with Crippen molar-refractivity contribution >= 4 is 5.91 Å². The van der Waals surface area contributed by atoms with Gasteiger partial charge in [0.2, 0.25) is 5.91 Å². The predicted octanol–water partition coefficient (Wildman–Crippen LogP) is 2.93. The summed E-state index contributed by atoms with van der Waals surface area (Å²) < 4.78 is 16.0. The van der Waals surface area contributed by atoms with Crippen molar-refractivity contribution in [3.8, 4) is 5.69 Å². The van der Waals surface area contributed by atoms with Gasteiger partial charge in [-0.2, -0.15) is 0 Å². The molecule has 3 rings (SSSR count). The Kier molecular flexibility index (Phi) is 5.43. The van der Waals surface area contributed by atoms with E-state index in [1.54, 1.807) is 49.7 Å². The maximum atomic E-state index is 14.2. The van der Waals surface area contributed by atoms with Gasteiger partial charge in [-0.1, -0.05) is 36.4 Å². The molecule has 0 fully saturated rings. The van der Waals surface area contributed by atoms with E-state index >= 15 is 0 Å². The van der Waals surface area contributed by atoms with Gasteiger partial charge in [-0.15, -0.1) is 0 Å². The fraction of sp³-hybridized carbons (Fsp3) is 0.200. The molecule has 1 aromatic heterocycles. The molecule has 26 heavy (non-hydrogen) atoms. The molecule has 0 spiro atoms. The van der Waals surface area contributed by atoms with Crippen LogP contribution >= 0.6 is 0 Å². The molecule has 6 heteroatoms. The first-order valence-corrected chi connectivity index (χ1v) is 8.32. The van der Waals surface area contributed by atoms with E-state index in [0.717, 1.165) is 11.3 Å².